The van der Waals surface area contributed by atoms with Crippen LogP contribution in [0, 0.1) is 17.2 Å². The van der Waals surface area contributed by atoms with E-state index in [9.17, 15) is 15.5 Å². The van der Waals surface area contributed by atoms with Crippen LogP contribution in [0.25, 0.3) is 0 Å². The minimum Gasteiger partial charge on any atom is -0.495 e. The van der Waals surface area contributed by atoms with Gasteiger partial charge in [0.2, 0.25) is 0 Å². The van der Waals surface area contributed by atoms with Crippen molar-refractivity contribution in [3.8, 4) is 17.6 Å². The maximum atomic E-state index is 12.8. The highest BCUT2D eigenvalue weighted by atomic mass is 16.5. The average Bonchev–Trinajstić information content (AvgIpc) is 3.58. The minimum absolute atomic E-state index is 0.322. The number of fused-ring (bicyclic) bond motifs is 3. The van der Waals surface area contributed by atoms with Crippen molar-refractivity contribution < 1.29 is 19.7 Å². The number of aliphatic hydroxyl groups is 2. The van der Waals surface area contributed by atoms with E-state index in [-0.39, 0.29) is 11.8 Å². The lowest BCUT2D eigenvalue weighted by atomic mass is 9.70. The first-order valence-electron chi connectivity index (χ1n) is 12.4. The molecule has 0 amide bonds. The number of aliphatic hydroxyl groups excluding tert-OH is 1. The molecule has 2 aliphatic heterocycles. The standard InChI is InChI=1S/C29H29N3O4/c1-35-23-16-31-17-24-26(23)28(34)27(33)22(18-32-13-5-6-14-32)25(20-7-3-2-4-8-20)29(28,36-24)21-11-9-19(15-30)10-12-21/h2-4,7-12,16-17,22,25,27,33-34H,5-6,13-14,18H2,1H3/t22-,25-,27-,28+,29?/m1/s1. The molecule has 0 radical (unpaired) electrons. The Labute approximate surface area is 210 Å². The van der Waals surface area contributed by atoms with E-state index in [1.54, 1.807) is 24.5 Å². The van der Waals surface area contributed by atoms with Gasteiger partial charge in [-0.05, 0) is 49.2 Å². The fourth-order valence-electron chi connectivity index (χ4n) is 6.79. The van der Waals surface area contributed by atoms with Gasteiger partial charge in [-0.25, -0.2) is 0 Å². The first-order chi connectivity index (χ1) is 17.5. The van der Waals surface area contributed by atoms with E-state index >= 15 is 0 Å². The van der Waals surface area contributed by atoms with Crippen LogP contribution < -0.4 is 9.47 Å². The summed E-state index contributed by atoms with van der Waals surface area (Å²) < 4.78 is 12.4. The number of nitriles is 1. The van der Waals surface area contributed by atoms with Crippen LogP contribution >= 0.6 is 0 Å². The van der Waals surface area contributed by atoms with Gasteiger partial charge in [-0.15, -0.1) is 0 Å². The van der Waals surface area contributed by atoms with E-state index in [0.717, 1.165) is 31.5 Å². The Morgan fingerprint density at radius 3 is 2.50 bits per heavy atom. The zero-order valence-electron chi connectivity index (χ0n) is 20.2. The molecule has 3 aliphatic rings. The molecule has 7 nitrogen and oxygen atoms in total. The van der Waals surface area contributed by atoms with Crippen LogP contribution in [-0.2, 0) is 11.2 Å². The van der Waals surface area contributed by atoms with E-state index < -0.39 is 17.3 Å². The van der Waals surface area contributed by atoms with E-state index in [1.165, 1.54) is 7.11 Å². The molecule has 1 saturated carbocycles. The number of pyridine rings is 1. The zero-order chi connectivity index (χ0) is 24.9. The Balaban J connectivity index is 1.63. The molecule has 3 aromatic rings. The number of ether oxygens (including phenoxy) is 2. The summed E-state index contributed by atoms with van der Waals surface area (Å²) in [5.41, 5.74) is -0.570. The lowest BCUT2D eigenvalue weighted by molar-refractivity contribution is -0.152. The predicted molar refractivity (Wildman–Crippen MR) is 133 cm³/mol. The second-order valence-corrected chi connectivity index (χ2v) is 10.0. The SMILES string of the molecule is COc1cncc2c1[C@]1(O)[C@H](O)[C@H](CN3CCCC3)[C@@H](c3ccccc3)C1(c1ccc(C#N)cc1)O2. The summed E-state index contributed by atoms with van der Waals surface area (Å²) in [6.07, 6.45) is 4.24. The van der Waals surface area contributed by atoms with Gasteiger partial charge in [-0.1, -0.05) is 42.5 Å². The van der Waals surface area contributed by atoms with E-state index in [0.29, 0.717) is 34.7 Å². The zero-order valence-corrected chi connectivity index (χ0v) is 20.2. The third kappa shape index (κ3) is 3.05. The molecule has 1 saturated heterocycles. The fourth-order valence-corrected chi connectivity index (χ4v) is 6.79. The molecule has 0 bridgehead atoms. The van der Waals surface area contributed by atoms with Gasteiger partial charge in [0.05, 0.1) is 42.8 Å². The molecule has 1 unspecified atom stereocenters. The van der Waals surface area contributed by atoms with Crippen LogP contribution in [0.2, 0.25) is 0 Å². The lowest BCUT2D eigenvalue weighted by Crippen LogP contribution is -2.52. The number of hydrogen-bond donors (Lipinski definition) is 2. The first kappa shape index (κ1) is 23.0. The highest BCUT2D eigenvalue weighted by Gasteiger charge is 2.76. The van der Waals surface area contributed by atoms with Crippen molar-refractivity contribution in [2.75, 3.05) is 26.7 Å². The van der Waals surface area contributed by atoms with Gasteiger partial charge in [0, 0.05) is 18.4 Å². The minimum atomic E-state index is -1.81. The van der Waals surface area contributed by atoms with Crippen LogP contribution in [-0.4, -0.2) is 52.9 Å². The van der Waals surface area contributed by atoms with Gasteiger partial charge in [0.15, 0.2) is 11.2 Å². The predicted octanol–water partition coefficient (Wildman–Crippen LogP) is 3.31. The highest BCUT2D eigenvalue weighted by Crippen LogP contribution is 2.69. The quantitative estimate of drug-likeness (QED) is 0.575. The molecule has 1 aromatic heterocycles. The van der Waals surface area contributed by atoms with Crippen molar-refractivity contribution in [3.05, 3.63) is 89.2 Å². The van der Waals surface area contributed by atoms with Crippen molar-refractivity contribution in [1.29, 1.82) is 5.26 Å². The Kier molecular flexibility index (Phi) is 5.49. The third-order valence-corrected chi connectivity index (χ3v) is 8.28. The molecule has 36 heavy (non-hydrogen) atoms. The van der Waals surface area contributed by atoms with Crippen molar-refractivity contribution in [1.82, 2.24) is 9.88 Å². The van der Waals surface area contributed by atoms with Gasteiger partial charge < -0.3 is 24.6 Å². The maximum absolute atomic E-state index is 12.8. The number of rotatable bonds is 5. The molecule has 1 aliphatic carbocycles. The number of likely N-dealkylation sites (tertiary alicyclic amines) is 1. The average molecular weight is 484 g/mol. The highest BCUT2D eigenvalue weighted by molar-refractivity contribution is 5.59. The van der Waals surface area contributed by atoms with Crippen LogP contribution in [0.15, 0.2) is 67.0 Å². The molecule has 2 aromatic carbocycles. The van der Waals surface area contributed by atoms with Gasteiger partial charge in [0.25, 0.3) is 0 Å². The number of methoxy groups -OCH3 is 1. The van der Waals surface area contributed by atoms with Gasteiger partial charge in [-0.3, -0.25) is 4.98 Å². The van der Waals surface area contributed by atoms with Gasteiger partial charge in [0.1, 0.15) is 11.5 Å². The summed E-state index contributed by atoms with van der Waals surface area (Å²) in [5, 5.41) is 34.3. The van der Waals surface area contributed by atoms with Crippen LogP contribution in [0.3, 0.4) is 0 Å². The molecule has 184 valence electrons. The van der Waals surface area contributed by atoms with Crippen LogP contribution in [0.1, 0.15) is 41.0 Å². The second kappa shape index (κ2) is 8.59. The Morgan fingerprint density at radius 2 is 1.83 bits per heavy atom. The number of benzene rings is 2. The fraction of sp³-hybridized carbons (Fsp3) is 0.379. The molecule has 3 heterocycles. The summed E-state index contributed by atoms with van der Waals surface area (Å²) in [6, 6.07) is 19.3. The molecule has 7 heteroatoms. The molecule has 2 N–H and O–H groups in total. The molecular weight excluding hydrogens is 454 g/mol. The Hall–Kier alpha value is -3.44. The Bertz CT molecular complexity index is 1300. The van der Waals surface area contributed by atoms with Crippen molar-refractivity contribution in [3.63, 3.8) is 0 Å². The summed E-state index contributed by atoms with van der Waals surface area (Å²) in [5.74, 6) is 0.0560. The van der Waals surface area contributed by atoms with E-state index in [2.05, 4.69) is 16.0 Å². The summed E-state index contributed by atoms with van der Waals surface area (Å²) in [4.78, 5) is 6.64. The smallest absolute Gasteiger partial charge is 0.177 e. The van der Waals surface area contributed by atoms with Crippen molar-refractivity contribution in [2.45, 2.75) is 36.1 Å². The number of nitrogens with zero attached hydrogens (tertiary/aromatic N) is 3. The van der Waals surface area contributed by atoms with E-state index in [4.69, 9.17) is 9.47 Å². The first-order valence-corrected chi connectivity index (χ1v) is 12.4. The number of hydrogen-bond acceptors (Lipinski definition) is 7. The molecule has 5 atom stereocenters. The third-order valence-electron chi connectivity index (χ3n) is 8.28. The van der Waals surface area contributed by atoms with E-state index in [1.807, 2.05) is 42.5 Å². The monoisotopic (exact) mass is 483 g/mol. The molecule has 2 fully saturated rings. The van der Waals surface area contributed by atoms with Crippen LogP contribution in [0.5, 0.6) is 11.5 Å². The van der Waals surface area contributed by atoms with Crippen molar-refractivity contribution >= 4 is 0 Å². The second-order valence-electron chi connectivity index (χ2n) is 10.0. The lowest BCUT2D eigenvalue weighted by Gasteiger charge is -2.41. The summed E-state index contributed by atoms with van der Waals surface area (Å²) in [7, 11) is 1.53. The number of aromatic nitrogens is 1. The van der Waals surface area contributed by atoms with Gasteiger partial charge in [-0.2, -0.15) is 5.26 Å². The topological polar surface area (TPSA) is 98.8 Å². The van der Waals surface area contributed by atoms with Crippen LogP contribution in [0.4, 0.5) is 0 Å². The molecular formula is C29H29N3O4. The van der Waals surface area contributed by atoms with Gasteiger partial charge >= 0.3 is 0 Å². The molecule has 6 rings (SSSR count). The Morgan fingerprint density at radius 1 is 1.11 bits per heavy atom. The molecule has 0 spiro atoms. The summed E-state index contributed by atoms with van der Waals surface area (Å²) in [6.45, 7) is 2.57. The summed E-state index contributed by atoms with van der Waals surface area (Å²) >= 11 is 0. The van der Waals surface area contributed by atoms with Crippen molar-refractivity contribution in [2.24, 2.45) is 5.92 Å². The largest absolute Gasteiger partial charge is 0.495 e. The maximum Gasteiger partial charge on any atom is 0.177 e. The normalized spacial score (nSPS) is 30.9.